The van der Waals surface area contributed by atoms with Crippen LogP contribution in [0.5, 0.6) is 0 Å². The number of nitrogens with zero attached hydrogens (tertiary/aromatic N) is 1. The van der Waals surface area contributed by atoms with Crippen LogP contribution in [0.1, 0.15) is 0 Å². The maximum absolute atomic E-state index is 10.3. The standard InChI is InChI=1S/C6H4O2.C3H3NS/c7-5-1-2-6(8)4-3-5;1-2-4-5-3-1/h1-4H;1-3H. The van der Waals surface area contributed by atoms with Gasteiger partial charge in [-0.2, -0.15) is 0 Å². The molecule has 0 saturated heterocycles. The van der Waals surface area contributed by atoms with E-state index in [-0.39, 0.29) is 11.6 Å². The molecule has 0 fully saturated rings. The van der Waals surface area contributed by atoms with E-state index in [1.54, 1.807) is 6.20 Å². The van der Waals surface area contributed by atoms with Gasteiger partial charge in [0.1, 0.15) is 0 Å². The molecule has 1 aromatic rings. The van der Waals surface area contributed by atoms with Crippen LogP contribution in [0, 0.1) is 0 Å². The maximum atomic E-state index is 10.3. The first kappa shape index (κ1) is 9.54. The van der Waals surface area contributed by atoms with E-state index in [1.165, 1.54) is 35.8 Å². The van der Waals surface area contributed by atoms with Crippen LogP contribution < -0.4 is 0 Å². The number of allylic oxidation sites excluding steroid dienone is 4. The van der Waals surface area contributed by atoms with E-state index in [9.17, 15) is 9.59 Å². The van der Waals surface area contributed by atoms with Gasteiger partial charge in [0.15, 0.2) is 11.6 Å². The third-order valence-corrected chi connectivity index (χ3v) is 1.69. The highest BCUT2D eigenvalue weighted by Gasteiger charge is 1.97. The Morgan fingerprint density at radius 1 is 1.00 bits per heavy atom. The molecule has 66 valence electrons. The van der Waals surface area contributed by atoms with E-state index in [0.29, 0.717) is 0 Å². The Labute approximate surface area is 79.6 Å². The van der Waals surface area contributed by atoms with Gasteiger partial charge in [0.05, 0.1) is 0 Å². The Morgan fingerprint density at radius 3 is 1.77 bits per heavy atom. The topological polar surface area (TPSA) is 47.0 Å². The summed E-state index contributed by atoms with van der Waals surface area (Å²) in [7, 11) is 0. The first-order chi connectivity index (χ1) is 6.29. The molecule has 13 heavy (non-hydrogen) atoms. The summed E-state index contributed by atoms with van der Waals surface area (Å²) in [6, 6.07) is 1.91. The monoisotopic (exact) mass is 193 g/mol. The molecular weight excluding hydrogens is 186 g/mol. The van der Waals surface area contributed by atoms with Gasteiger partial charge in [-0.1, -0.05) is 0 Å². The minimum Gasteiger partial charge on any atom is -0.290 e. The summed E-state index contributed by atoms with van der Waals surface area (Å²) in [4.78, 5) is 20.6. The van der Waals surface area contributed by atoms with Crippen molar-refractivity contribution in [1.29, 1.82) is 0 Å². The van der Waals surface area contributed by atoms with E-state index in [0.717, 1.165) is 0 Å². The number of ketones is 2. The lowest BCUT2D eigenvalue weighted by Gasteiger charge is -1.87. The normalized spacial score (nSPS) is 13.8. The number of hydrogen-bond donors (Lipinski definition) is 0. The van der Waals surface area contributed by atoms with Crippen molar-refractivity contribution in [2.24, 2.45) is 0 Å². The van der Waals surface area contributed by atoms with Crippen LogP contribution in [0.3, 0.4) is 0 Å². The molecular formula is C9H7NO2S. The minimum atomic E-state index is -0.121. The molecule has 1 aliphatic rings. The highest BCUT2D eigenvalue weighted by molar-refractivity contribution is 7.03. The summed E-state index contributed by atoms with van der Waals surface area (Å²) in [5, 5.41) is 1.93. The average molecular weight is 193 g/mol. The number of aromatic nitrogens is 1. The van der Waals surface area contributed by atoms with Gasteiger partial charge in [-0.15, -0.1) is 0 Å². The zero-order valence-electron chi connectivity index (χ0n) is 6.71. The third kappa shape index (κ3) is 4.12. The van der Waals surface area contributed by atoms with E-state index in [1.807, 2.05) is 11.4 Å². The highest BCUT2D eigenvalue weighted by Crippen LogP contribution is 1.90. The van der Waals surface area contributed by atoms with Crippen molar-refractivity contribution in [3.8, 4) is 0 Å². The molecule has 0 unspecified atom stereocenters. The number of rotatable bonds is 0. The number of carbonyl (C=O) groups is 2. The Morgan fingerprint density at radius 2 is 1.54 bits per heavy atom. The molecule has 0 aromatic carbocycles. The van der Waals surface area contributed by atoms with Gasteiger partial charge in [0.25, 0.3) is 0 Å². The fraction of sp³-hybridized carbons (Fsp3) is 0. The van der Waals surface area contributed by atoms with Crippen LogP contribution in [0.4, 0.5) is 0 Å². The molecule has 0 N–H and O–H groups in total. The second kappa shape index (κ2) is 5.16. The zero-order valence-corrected chi connectivity index (χ0v) is 7.53. The lowest BCUT2D eigenvalue weighted by molar-refractivity contribution is -0.113. The van der Waals surface area contributed by atoms with E-state index >= 15 is 0 Å². The second-order valence-corrected chi connectivity index (χ2v) is 2.85. The molecule has 1 aromatic heterocycles. The lowest BCUT2D eigenvalue weighted by Crippen LogP contribution is -1.97. The summed E-state index contributed by atoms with van der Waals surface area (Å²) in [6.45, 7) is 0. The van der Waals surface area contributed by atoms with Crippen molar-refractivity contribution in [3.05, 3.63) is 41.9 Å². The van der Waals surface area contributed by atoms with Crippen molar-refractivity contribution in [3.63, 3.8) is 0 Å². The Kier molecular flexibility index (Phi) is 3.78. The summed E-state index contributed by atoms with van der Waals surface area (Å²) < 4.78 is 3.76. The van der Waals surface area contributed by atoms with Gasteiger partial charge in [0, 0.05) is 11.6 Å². The molecule has 3 nitrogen and oxygen atoms in total. The predicted octanol–water partition coefficient (Wildman–Crippen LogP) is 1.39. The van der Waals surface area contributed by atoms with Crippen molar-refractivity contribution < 1.29 is 9.59 Å². The third-order valence-electron chi connectivity index (χ3n) is 1.17. The summed E-state index contributed by atoms with van der Waals surface area (Å²) in [5.74, 6) is -0.241. The minimum absolute atomic E-state index is 0.121. The smallest absolute Gasteiger partial charge is 0.178 e. The predicted molar refractivity (Wildman–Crippen MR) is 50.4 cm³/mol. The average Bonchev–Trinajstić information content (AvgIpc) is 2.68. The highest BCUT2D eigenvalue weighted by atomic mass is 32.1. The Hall–Kier alpha value is -1.55. The van der Waals surface area contributed by atoms with Crippen LogP contribution >= 0.6 is 11.5 Å². The molecule has 0 bridgehead atoms. The van der Waals surface area contributed by atoms with Gasteiger partial charge < -0.3 is 0 Å². The fourth-order valence-corrected chi connectivity index (χ4v) is 0.967. The molecule has 0 atom stereocenters. The van der Waals surface area contributed by atoms with Crippen LogP contribution in [-0.4, -0.2) is 15.9 Å². The summed E-state index contributed by atoms with van der Waals surface area (Å²) >= 11 is 1.46. The lowest BCUT2D eigenvalue weighted by atomic mass is 10.2. The van der Waals surface area contributed by atoms with Gasteiger partial charge in [-0.3, -0.25) is 9.59 Å². The van der Waals surface area contributed by atoms with Crippen LogP contribution in [-0.2, 0) is 9.59 Å². The van der Waals surface area contributed by atoms with Gasteiger partial charge in [0.2, 0.25) is 0 Å². The molecule has 1 aliphatic carbocycles. The van der Waals surface area contributed by atoms with Crippen molar-refractivity contribution >= 4 is 23.1 Å². The number of hydrogen-bond acceptors (Lipinski definition) is 4. The van der Waals surface area contributed by atoms with E-state index in [2.05, 4.69) is 4.37 Å². The van der Waals surface area contributed by atoms with Crippen LogP contribution in [0.2, 0.25) is 0 Å². The van der Waals surface area contributed by atoms with Crippen LogP contribution in [0.15, 0.2) is 41.9 Å². The quantitative estimate of drug-likeness (QED) is 0.585. The van der Waals surface area contributed by atoms with Crippen LogP contribution in [0.25, 0.3) is 0 Å². The molecule has 4 heteroatoms. The van der Waals surface area contributed by atoms with Gasteiger partial charge in [-0.25, -0.2) is 4.37 Å². The van der Waals surface area contributed by atoms with E-state index in [4.69, 9.17) is 0 Å². The van der Waals surface area contributed by atoms with E-state index < -0.39 is 0 Å². The summed E-state index contributed by atoms with van der Waals surface area (Å²) in [6.07, 6.45) is 6.78. The van der Waals surface area contributed by atoms with Crippen molar-refractivity contribution in [1.82, 2.24) is 4.37 Å². The molecule has 1 heterocycles. The van der Waals surface area contributed by atoms with Gasteiger partial charge >= 0.3 is 0 Å². The molecule has 0 radical (unpaired) electrons. The van der Waals surface area contributed by atoms with Crippen molar-refractivity contribution in [2.75, 3.05) is 0 Å². The van der Waals surface area contributed by atoms with Gasteiger partial charge in [-0.05, 0) is 41.9 Å². The fourth-order valence-electron chi connectivity index (χ4n) is 0.615. The molecule has 2 rings (SSSR count). The zero-order chi connectivity index (χ0) is 9.52. The first-order valence-electron chi connectivity index (χ1n) is 3.57. The Bertz CT molecular complexity index is 283. The molecule has 0 spiro atoms. The largest absolute Gasteiger partial charge is 0.290 e. The van der Waals surface area contributed by atoms with Crippen molar-refractivity contribution in [2.45, 2.75) is 0 Å². The molecule has 0 saturated carbocycles. The molecule has 0 amide bonds. The Balaban J connectivity index is 0.000000145. The molecule has 0 aliphatic heterocycles. The number of carbonyl (C=O) groups excluding carboxylic acids is 2. The SMILES string of the molecule is O=C1C=CC(=O)C=C1.c1cnsc1. The summed E-state index contributed by atoms with van der Waals surface area (Å²) in [5.41, 5.74) is 0. The first-order valence-corrected chi connectivity index (χ1v) is 4.41. The second-order valence-electron chi connectivity index (χ2n) is 2.16. The maximum Gasteiger partial charge on any atom is 0.178 e.